The van der Waals surface area contributed by atoms with Crippen LogP contribution < -0.4 is 10.1 Å². The van der Waals surface area contributed by atoms with Gasteiger partial charge in [0.25, 0.3) is 5.91 Å². The lowest BCUT2D eigenvalue weighted by atomic mass is 9.86. The van der Waals surface area contributed by atoms with Crippen molar-refractivity contribution in [1.82, 2.24) is 5.32 Å². The third kappa shape index (κ3) is 4.95. The van der Waals surface area contributed by atoms with Gasteiger partial charge in [-0.15, -0.1) is 0 Å². The molecule has 0 aliphatic heterocycles. The van der Waals surface area contributed by atoms with Crippen LogP contribution in [0.5, 0.6) is 5.75 Å². The van der Waals surface area contributed by atoms with Gasteiger partial charge in [0.1, 0.15) is 17.4 Å². The monoisotopic (exact) mass is 326 g/mol. The van der Waals surface area contributed by atoms with Gasteiger partial charge in [0, 0.05) is 13.0 Å². The molecular weight excluding hydrogens is 304 g/mol. The fourth-order valence-corrected chi connectivity index (χ4v) is 2.89. The van der Waals surface area contributed by atoms with Crippen molar-refractivity contribution in [2.45, 2.75) is 45.6 Å². The summed E-state index contributed by atoms with van der Waals surface area (Å²) in [4.78, 5) is 23.2. The molecule has 5 heteroatoms. The third-order valence-electron chi connectivity index (χ3n) is 4.25. The molecule has 0 radical (unpaired) electrons. The number of nitrogens with one attached hydrogen (secondary N) is 1. The molecule has 0 spiro atoms. The Hall–Kier alpha value is -2.61. The van der Waals surface area contributed by atoms with Crippen LogP contribution in [0.4, 0.5) is 0 Å². The minimum absolute atomic E-state index is 0.0769. The number of carbonyl (C=O) groups is 2. The number of nitriles is 1. The van der Waals surface area contributed by atoms with Gasteiger partial charge < -0.3 is 10.1 Å². The van der Waals surface area contributed by atoms with Crippen LogP contribution in [0.3, 0.4) is 0 Å². The fourth-order valence-electron chi connectivity index (χ4n) is 2.89. The largest absolute Gasteiger partial charge is 0.427 e. The van der Waals surface area contributed by atoms with Crippen LogP contribution in [0.2, 0.25) is 0 Å². The second-order valence-electron chi connectivity index (χ2n) is 6.17. The van der Waals surface area contributed by atoms with E-state index < -0.39 is 5.97 Å². The Morgan fingerprint density at radius 3 is 2.50 bits per heavy atom. The molecule has 1 fully saturated rings. The van der Waals surface area contributed by atoms with Crippen molar-refractivity contribution in [1.29, 1.82) is 5.26 Å². The molecule has 0 heterocycles. The molecule has 126 valence electrons. The Morgan fingerprint density at radius 1 is 1.25 bits per heavy atom. The number of amides is 1. The van der Waals surface area contributed by atoms with Crippen molar-refractivity contribution >= 4 is 18.0 Å². The number of hydrogen-bond donors (Lipinski definition) is 1. The molecular formula is C19H22N2O3. The highest BCUT2D eigenvalue weighted by atomic mass is 16.5. The number of carbonyl (C=O) groups excluding carboxylic acids is 2. The molecule has 1 amide bonds. The quantitative estimate of drug-likeness (QED) is 0.399. The zero-order valence-corrected chi connectivity index (χ0v) is 14.0. The molecule has 0 saturated heterocycles. The summed E-state index contributed by atoms with van der Waals surface area (Å²) < 4.78 is 4.96. The first kappa shape index (κ1) is 17.7. The van der Waals surface area contributed by atoms with Crippen LogP contribution in [0.1, 0.15) is 45.1 Å². The Bertz CT molecular complexity index is 671. The summed E-state index contributed by atoms with van der Waals surface area (Å²) in [6, 6.07) is 8.76. The smallest absolute Gasteiger partial charge is 0.308 e. The standard InChI is InChI=1S/C19H22N2O3/c1-13-5-3-4-6-18(13)21-19(23)16(12-20)11-15-7-9-17(10-8-15)24-14(2)22/h7-11,13,18H,3-6H2,1-2H3,(H,21,23)/b16-11+/t13-,18+/m0/s1. The van der Waals surface area contributed by atoms with E-state index >= 15 is 0 Å². The van der Waals surface area contributed by atoms with Crippen LogP contribution in [-0.2, 0) is 9.59 Å². The maximum atomic E-state index is 12.3. The molecule has 5 nitrogen and oxygen atoms in total. The first-order valence-corrected chi connectivity index (χ1v) is 8.20. The highest BCUT2D eigenvalue weighted by Gasteiger charge is 2.23. The van der Waals surface area contributed by atoms with Crippen LogP contribution >= 0.6 is 0 Å². The van der Waals surface area contributed by atoms with E-state index in [1.165, 1.54) is 13.3 Å². The average molecular weight is 326 g/mol. The van der Waals surface area contributed by atoms with Gasteiger partial charge in [0.05, 0.1) is 0 Å². The second kappa shape index (κ2) is 8.30. The summed E-state index contributed by atoms with van der Waals surface area (Å²) in [6.45, 7) is 3.46. The van der Waals surface area contributed by atoms with Gasteiger partial charge in [-0.25, -0.2) is 0 Å². The number of benzene rings is 1. The van der Waals surface area contributed by atoms with Crippen LogP contribution in [0.25, 0.3) is 6.08 Å². The SMILES string of the molecule is CC(=O)Oc1ccc(/C=C(\C#N)C(=O)N[C@@H]2CCCC[C@@H]2C)cc1. The molecule has 1 aromatic carbocycles. The minimum atomic E-state index is -0.392. The fraction of sp³-hybridized carbons (Fsp3) is 0.421. The molecule has 1 aromatic rings. The number of nitrogens with zero attached hydrogens (tertiary/aromatic N) is 1. The van der Waals surface area contributed by atoms with Gasteiger partial charge in [0.2, 0.25) is 0 Å². The van der Waals surface area contributed by atoms with E-state index in [0.29, 0.717) is 17.2 Å². The topological polar surface area (TPSA) is 79.2 Å². The normalized spacial score (nSPS) is 20.8. The van der Waals surface area contributed by atoms with Crippen molar-refractivity contribution < 1.29 is 14.3 Å². The van der Waals surface area contributed by atoms with Gasteiger partial charge in [-0.05, 0) is 42.5 Å². The Morgan fingerprint density at radius 2 is 1.92 bits per heavy atom. The van der Waals surface area contributed by atoms with E-state index in [9.17, 15) is 14.9 Å². The minimum Gasteiger partial charge on any atom is -0.427 e. The van der Waals surface area contributed by atoms with Gasteiger partial charge in [0.15, 0.2) is 0 Å². The lowest BCUT2D eigenvalue weighted by molar-refractivity contribution is -0.131. The maximum Gasteiger partial charge on any atom is 0.308 e. The summed E-state index contributed by atoms with van der Waals surface area (Å²) in [6.07, 6.45) is 5.92. The van der Waals surface area contributed by atoms with Gasteiger partial charge in [-0.1, -0.05) is 31.9 Å². The summed E-state index contributed by atoms with van der Waals surface area (Å²) in [5, 5.41) is 12.3. The van der Waals surface area contributed by atoms with Crippen molar-refractivity contribution in [2.75, 3.05) is 0 Å². The van der Waals surface area contributed by atoms with E-state index in [2.05, 4.69) is 12.2 Å². The van der Waals surface area contributed by atoms with Crippen molar-refractivity contribution in [3.05, 3.63) is 35.4 Å². The molecule has 1 aliphatic rings. The number of rotatable bonds is 4. The number of hydrogen-bond acceptors (Lipinski definition) is 4. The highest BCUT2D eigenvalue weighted by molar-refractivity contribution is 6.01. The van der Waals surface area contributed by atoms with Crippen molar-refractivity contribution in [3.8, 4) is 11.8 Å². The van der Waals surface area contributed by atoms with Crippen molar-refractivity contribution in [2.24, 2.45) is 5.92 Å². The van der Waals surface area contributed by atoms with Crippen LogP contribution in [-0.4, -0.2) is 17.9 Å². The van der Waals surface area contributed by atoms with E-state index in [4.69, 9.17) is 4.74 Å². The Labute approximate surface area is 142 Å². The number of esters is 1. The van der Waals surface area contributed by atoms with Crippen LogP contribution in [0.15, 0.2) is 29.8 Å². The van der Waals surface area contributed by atoms with E-state index in [0.717, 1.165) is 19.3 Å². The van der Waals surface area contributed by atoms with E-state index in [1.54, 1.807) is 30.3 Å². The lowest BCUT2D eigenvalue weighted by Gasteiger charge is -2.29. The highest BCUT2D eigenvalue weighted by Crippen LogP contribution is 2.24. The second-order valence-corrected chi connectivity index (χ2v) is 6.17. The third-order valence-corrected chi connectivity index (χ3v) is 4.25. The Balaban J connectivity index is 2.06. The molecule has 1 saturated carbocycles. The summed E-state index contributed by atoms with van der Waals surface area (Å²) in [7, 11) is 0. The average Bonchev–Trinajstić information content (AvgIpc) is 2.55. The van der Waals surface area contributed by atoms with Gasteiger partial charge >= 0.3 is 5.97 Å². The molecule has 24 heavy (non-hydrogen) atoms. The molecule has 2 atom stereocenters. The first-order valence-electron chi connectivity index (χ1n) is 8.20. The number of ether oxygens (including phenoxy) is 1. The summed E-state index contributed by atoms with van der Waals surface area (Å²) >= 11 is 0. The molecule has 0 unspecified atom stereocenters. The molecule has 0 bridgehead atoms. The molecule has 2 rings (SSSR count). The van der Waals surface area contributed by atoms with E-state index in [-0.39, 0.29) is 17.5 Å². The molecule has 1 aliphatic carbocycles. The zero-order valence-electron chi connectivity index (χ0n) is 14.0. The zero-order chi connectivity index (χ0) is 17.5. The lowest BCUT2D eigenvalue weighted by Crippen LogP contribution is -2.41. The summed E-state index contributed by atoms with van der Waals surface area (Å²) in [5.74, 6) is 0.140. The molecule has 1 N–H and O–H groups in total. The van der Waals surface area contributed by atoms with Crippen molar-refractivity contribution in [3.63, 3.8) is 0 Å². The Kier molecular flexibility index (Phi) is 6.14. The van der Waals surface area contributed by atoms with E-state index in [1.807, 2.05) is 6.07 Å². The van der Waals surface area contributed by atoms with Gasteiger partial charge in [-0.2, -0.15) is 5.26 Å². The predicted octanol–water partition coefficient (Wildman–Crippen LogP) is 3.21. The summed E-state index contributed by atoms with van der Waals surface area (Å²) in [5.41, 5.74) is 0.780. The van der Waals surface area contributed by atoms with Crippen LogP contribution in [0, 0.1) is 17.2 Å². The van der Waals surface area contributed by atoms with Gasteiger partial charge in [-0.3, -0.25) is 9.59 Å². The first-order chi connectivity index (χ1) is 11.5. The molecule has 0 aromatic heterocycles. The predicted molar refractivity (Wildman–Crippen MR) is 90.9 cm³/mol. The maximum absolute atomic E-state index is 12.3.